The number of ether oxygens (including phenoxy) is 3. The number of nitrogens with one attached hydrogen (secondary N) is 1. The molecule has 1 amide bonds. The third-order valence-electron chi connectivity index (χ3n) is 7.31. The lowest BCUT2D eigenvalue weighted by atomic mass is 9.99. The Bertz CT molecular complexity index is 1110. The Hall–Kier alpha value is -2.95. The molecule has 0 bridgehead atoms. The molecular weight excluding hydrogens is 486 g/mol. The zero-order valence-electron chi connectivity index (χ0n) is 23.2. The predicted molar refractivity (Wildman–Crippen MR) is 146 cm³/mol. The third-order valence-corrected chi connectivity index (χ3v) is 7.31. The number of aliphatic hydroxyl groups excluding tert-OH is 1. The van der Waals surface area contributed by atoms with Crippen LogP contribution in [0.3, 0.4) is 0 Å². The first-order valence-corrected chi connectivity index (χ1v) is 13.4. The molecule has 0 aliphatic carbocycles. The fraction of sp³-hybridized carbons (Fsp3) is 0.607. The second kappa shape index (κ2) is 12.7. The summed E-state index contributed by atoms with van der Waals surface area (Å²) in [6.07, 6.45) is 1.21. The summed E-state index contributed by atoms with van der Waals surface area (Å²) in [7, 11) is 3.40. The van der Waals surface area contributed by atoms with Crippen LogP contribution in [0.25, 0.3) is 11.4 Å². The van der Waals surface area contributed by atoms with E-state index in [1.165, 1.54) is 0 Å². The van der Waals surface area contributed by atoms with E-state index in [1.807, 2.05) is 17.0 Å². The van der Waals surface area contributed by atoms with Gasteiger partial charge in [-0.2, -0.15) is 0 Å². The van der Waals surface area contributed by atoms with Gasteiger partial charge in [-0.1, -0.05) is 0 Å². The van der Waals surface area contributed by atoms with Crippen LogP contribution in [0, 0.1) is 12.8 Å². The van der Waals surface area contributed by atoms with Crippen molar-refractivity contribution < 1.29 is 24.1 Å². The normalized spacial score (nSPS) is 20.5. The molecule has 0 spiro atoms. The molecule has 2 aromatic rings. The summed E-state index contributed by atoms with van der Waals surface area (Å²) in [5.74, 6) is 3.23. The Morgan fingerprint density at radius 3 is 2.71 bits per heavy atom. The first-order valence-electron chi connectivity index (χ1n) is 13.4. The van der Waals surface area contributed by atoms with E-state index < -0.39 is 6.10 Å². The van der Waals surface area contributed by atoms with Crippen LogP contribution >= 0.6 is 0 Å². The molecule has 3 heterocycles. The molecule has 10 nitrogen and oxygen atoms in total. The van der Waals surface area contributed by atoms with Gasteiger partial charge in [0.15, 0.2) is 5.82 Å². The number of hydrogen-bond acceptors (Lipinski definition) is 9. The SMILES string of the molecule is CNCC(O)COc1cc(OC)cc(-c2nc(CC3CCOC3)c(C)c(N3CCN(C(C)=O)[C@@H](C)C3)n2)c1. The van der Waals surface area contributed by atoms with E-state index in [4.69, 9.17) is 24.2 Å². The molecule has 2 aliphatic rings. The van der Waals surface area contributed by atoms with Crippen molar-refractivity contribution in [1.29, 1.82) is 0 Å². The Kier molecular flexibility index (Phi) is 9.40. The summed E-state index contributed by atoms with van der Waals surface area (Å²) < 4.78 is 17.1. The highest BCUT2D eigenvalue weighted by molar-refractivity contribution is 5.74. The maximum absolute atomic E-state index is 12.1. The summed E-state index contributed by atoms with van der Waals surface area (Å²) in [6, 6.07) is 5.68. The minimum absolute atomic E-state index is 0.0895. The highest BCUT2D eigenvalue weighted by Gasteiger charge is 2.29. The van der Waals surface area contributed by atoms with Crippen LogP contribution in [-0.2, 0) is 16.0 Å². The van der Waals surface area contributed by atoms with E-state index in [1.54, 1.807) is 27.1 Å². The van der Waals surface area contributed by atoms with Gasteiger partial charge in [0.2, 0.25) is 5.91 Å². The van der Waals surface area contributed by atoms with E-state index in [9.17, 15) is 9.90 Å². The molecule has 3 atom stereocenters. The van der Waals surface area contributed by atoms with Crippen molar-refractivity contribution in [2.75, 3.05) is 65.1 Å². The largest absolute Gasteiger partial charge is 0.497 e. The van der Waals surface area contributed by atoms with E-state index in [2.05, 4.69) is 24.1 Å². The number of nitrogens with zero attached hydrogens (tertiary/aromatic N) is 4. The number of benzene rings is 1. The van der Waals surface area contributed by atoms with E-state index in [0.717, 1.165) is 48.7 Å². The van der Waals surface area contributed by atoms with Gasteiger partial charge in [0.1, 0.15) is 30.0 Å². The average molecular weight is 528 g/mol. The summed E-state index contributed by atoms with van der Waals surface area (Å²) >= 11 is 0. The van der Waals surface area contributed by atoms with Crippen LogP contribution in [0.2, 0.25) is 0 Å². The standard InChI is InChI=1S/C28H41N5O5/c1-18-15-32(7-8-33(18)20(3)34)28-19(2)26(10-21-6-9-37-16-21)30-27(31-28)22-11-24(36-5)13-25(12-22)38-17-23(35)14-29-4/h11-13,18,21,23,29,35H,6-10,14-17H2,1-5H3/t18-,21?,23?/m0/s1. The van der Waals surface area contributed by atoms with Crippen molar-refractivity contribution in [2.45, 2.75) is 45.8 Å². The van der Waals surface area contributed by atoms with E-state index in [-0.39, 0.29) is 18.6 Å². The molecular formula is C28H41N5O5. The first-order chi connectivity index (χ1) is 18.3. The van der Waals surface area contributed by atoms with Crippen molar-refractivity contribution in [3.8, 4) is 22.9 Å². The molecule has 4 rings (SSSR count). The summed E-state index contributed by atoms with van der Waals surface area (Å²) in [5.41, 5.74) is 2.86. The number of hydrogen-bond donors (Lipinski definition) is 2. The number of piperazine rings is 1. The Balaban J connectivity index is 1.70. The number of anilines is 1. The van der Waals surface area contributed by atoms with Crippen molar-refractivity contribution in [3.63, 3.8) is 0 Å². The van der Waals surface area contributed by atoms with Crippen LogP contribution in [0.4, 0.5) is 5.82 Å². The van der Waals surface area contributed by atoms with Gasteiger partial charge < -0.3 is 34.4 Å². The van der Waals surface area contributed by atoms with Crippen molar-refractivity contribution in [1.82, 2.24) is 20.2 Å². The lowest BCUT2D eigenvalue weighted by Gasteiger charge is -2.40. The molecule has 2 N–H and O–H groups in total. The summed E-state index contributed by atoms with van der Waals surface area (Å²) in [5, 5.41) is 13.0. The van der Waals surface area contributed by atoms with Crippen LogP contribution in [0.1, 0.15) is 31.5 Å². The van der Waals surface area contributed by atoms with Crippen LogP contribution in [-0.4, -0.2) is 98.2 Å². The van der Waals surface area contributed by atoms with Crippen LogP contribution < -0.4 is 19.7 Å². The second-order valence-corrected chi connectivity index (χ2v) is 10.3. The Labute approximate surface area is 225 Å². The van der Waals surface area contributed by atoms with Crippen molar-refractivity contribution in [3.05, 3.63) is 29.5 Å². The van der Waals surface area contributed by atoms with Gasteiger partial charge in [0, 0.05) is 75.2 Å². The lowest BCUT2D eigenvalue weighted by Crippen LogP contribution is -2.54. The van der Waals surface area contributed by atoms with Gasteiger partial charge in [-0.05, 0) is 51.8 Å². The average Bonchev–Trinajstić information content (AvgIpc) is 3.41. The van der Waals surface area contributed by atoms with Gasteiger partial charge in [0.05, 0.1) is 7.11 Å². The zero-order chi connectivity index (χ0) is 27.2. The van der Waals surface area contributed by atoms with Crippen LogP contribution in [0.5, 0.6) is 11.5 Å². The monoisotopic (exact) mass is 527 g/mol. The number of aliphatic hydroxyl groups is 1. The number of methoxy groups -OCH3 is 1. The third kappa shape index (κ3) is 6.73. The minimum Gasteiger partial charge on any atom is -0.497 e. The summed E-state index contributed by atoms with van der Waals surface area (Å²) in [6.45, 7) is 10.00. The molecule has 1 aromatic carbocycles. The molecule has 10 heteroatoms. The predicted octanol–water partition coefficient (Wildman–Crippen LogP) is 2.06. The molecule has 2 saturated heterocycles. The molecule has 1 aromatic heterocycles. The van der Waals surface area contributed by atoms with Gasteiger partial charge in [-0.25, -0.2) is 9.97 Å². The number of aromatic nitrogens is 2. The maximum Gasteiger partial charge on any atom is 0.219 e. The number of likely N-dealkylation sites (N-methyl/N-ethyl adjacent to an activating group) is 1. The highest BCUT2D eigenvalue weighted by atomic mass is 16.5. The number of carbonyl (C=O) groups is 1. The Morgan fingerprint density at radius 1 is 1.26 bits per heavy atom. The molecule has 208 valence electrons. The molecule has 2 fully saturated rings. The Morgan fingerprint density at radius 2 is 2.05 bits per heavy atom. The van der Waals surface area contributed by atoms with Crippen molar-refractivity contribution in [2.24, 2.45) is 5.92 Å². The van der Waals surface area contributed by atoms with Crippen LogP contribution in [0.15, 0.2) is 18.2 Å². The topological polar surface area (TPSA) is 109 Å². The quantitative estimate of drug-likeness (QED) is 0.480. The summed E-state index contributed by atoms with van der Waals surface area (Å²) in [4.78, 5) is 26.3. The number of rotatable bonds is 10. The molecule has 0 saturated carbocycles. The molecule has 2 aliphatic heterocycles. The smallest absolute Gasteiger partial charge is 0.219 e. The maximum atomic E-state index is 12.1. The fourth-order valence-electron chi connectivity index (χ4n) is 5.21. The van der Waals surface area contributed by atoms with Gasteiger partial charge >= 0.3 is 0 Å². The van der Waals surface area contributed by atoms with Crippen molar-refractivity contribution >= 4 is 11.7 Å². The number of amides is 1. The van der Waals surface area contributed by atoms with E-state index >= 15 is 0 Å². The molecule has 0 radical (unpaired) electrons. The zero-order valence-corrected chi connectivity index (χ0v) is 23.2. The van der Waals surface area contributed by atoms with Gasteiger partial charge in [0.25, 0.3) is 0 Å². The number of carbonyl (C=O) groups excluding carboxylic acids is 1. The minimum atomic E-state index is -0.632. The first kappa shape index (κ1) is 28.1. The highest BCUT2D eigenvalue weighted by Crippen LogP contribution is 2.33. The fourth-order valence-corrected chi connectivity index (χ4v) is 5.21. The molecule has 2 unspecified atom stereocenters. The van der Waals surface area contributed by atoms with E-state index in [0.29, 0.717) is 49.4 Å². The van der Waals surface area contributed by atoms with Gasteiger partial charge in [-0.15, -0.1) is 0 Å². The second-order valence-electron chi connectivity index (χ2n) is 10.3. The lowest BCUT2D eigenvalue weighted by molar-refractivity contribution is -0.131. The molecule has 38 heavy (non-hydrogen) atoms. The van der Waals surface area contributed by atoms with Gasteiger partial charge in [-0.3, -0.25) is 4.79 Å².